The standard InChI is InChI=1S/C14H19NO4.ClH/c1-2-18-13(16)8-19-10-5-3-9-4-6-12(15)14(17)11(9)7-10;/h3,5,7,12,14,17H,2,4,6,8,15H2,1H3;1H/t12-,14-;/m1./s1. The largest absolute Gasteiger partial charge is 0.482 e. The number of hydrogen-bond donors (Lipinski definition) is 2. The number of aliphatic hydroxyl groups excluding tert-OH is 1. The molecule has 20 heavy (non-hydrogen) atoms. The molecule has 0 aliphatic heterocycles. The van der Waals surface area contributed by atoms with Gasteiger partial charge < -0.3 is 20.3 Å². The van der Waals surface area contributed by atoms with Crippen LogP contribution < -0.4 is 10.5 Å². The molecule has 1 aromatic rings. The highest BCUT2D eigenvalue weighted by atomic mass is 35.5. The molecule has 0 bridgehead atoms. The highest BCUT2D eigenvalue weighted by Gasteiger charge is 2.25. The lowest BCUT2D eigenvalue weighted by Crippen LogP contribution is -2.33. The summed E-state index contributed by atoms with van der Waals surface area (Å²) in [6.45, 7) is 1.95. The Morgan fingerprint density at radius 3 is 2.95 bits per heavy atom. The number of hydrogen-bond acceptors (Lipinski definition) is 5. The first-order valence-corrected chi connectivity index (χ1v) is 6.46. The van der Waals surface area contributed by atoms with Crippen molar-refractivity contribution in [2.24, 2.45) is 5.73 Å². The molecule has 6 heteroatoms. The second-order valence-corrected chi connectivity index (χ2v) is 4.60. The van der Waals surface area contributed by atoms with Gasteiger partial charge in [-0.1, -0.05) is 6.07 Å². The van der Waals surface area contributed by atoms with E-state index in [1.165, 1.54) is 0 Å². The molecule has 1 aliphatic rings. The van der Waals surface area contributed by atoms with Gasteiger partial charge in [-0.3, -0.25) is 0 Å². The minimum absolute atomic E-state index is 0. The van der Waals surface area contributed by atoms with E-state index in [1.807, 2.05) is 6.07 Å². The number of aryl methyl sites for hydroxylation is 1. The zero-order valence-electron chi connectivity index (χ0n) is 11.4. The average molecular weight is 302 g/mol. The maximum absolute atomic E-state index is 11.2. The Morgan fingerprint density at radius 1 is 1.50 bits per heavy atom. The molecule has 0 fully saturated rings. The molecule has 0 saturated carbocycles. The zero-order chi connectivity index (χ0) is 13.8. The van der Waals surface area contributed by atoms with Crippen LogP contribution in [0.15, 0.2) is 18.2 Å². The van der Waals surface area contributed by atoms with E-state index in [4.69, 9.17) is 15.2 Å². The predicted molar refractivity (Wildman–Crippen MR) is 77.1 cm³/mol. The maximum Gasteiger partial charge on any atom is 0.344 e. The predicted octanol–water partition coefficient (Wildman–Crippen LogP) is 1.36. The van der Waals surface area contributed by atoms with E-state index in [2.05, 4.69) is 0 Å². The highest BCUT2D eigenvalue weighted by Crippen LogP contribution is 2.31. The fourth-order valence-electron chi connectivity index (χ4n) is 2.22. The fraction of sp³-hybridized carbons (Fsp3) is 0.500. The van der Waals surface area contributed by atoms with Crippen molar-refractivity contribution < 1.29 is 19.4 Å². The topological polar surface area (TPSA) is 81.8 Å². The quantitative estimate of drug-likeness (QED) is 0.821. The maximum atomic E-state index is 11.2. The van der Waals surface area contributed by atoms with E-state index in [9.17, 15) is 9.90 Å². The van der Waals surface area contributed by atoms with Crippen molar-refractivity contribution >= 4 is 18.4 Å². The number of carbonyl (C=O) groups is 1. The first kappa shape index (κ1) is 16.8. The van der Waals surface area contributed by atoms with Crippen LogP contribution in [0, 0.1) is 0 Å². The third-order valence-corrected chi connectivity index (χ3v) is 3.25. The molecule has 112 valence electrons. The fourth-order valence-corrected chi connectivity index (χ4v) is 2.22. The molecule has 2 rings (SSSR count). The zero-order valence-corrected chi connectivity index (χ0v) is 12.2. The second-order valence-electron chi connectivity index (χ2n) is 4.60. The summed E-state index contributed by atoms with van der Waals surface area (Å²) in [6, 6.07) is 5.21. The molecule has 2 atom stereocenters. The van der Waals surface area contributed by atoms with Crippen LogP contribution in [0.4, 0.5) is 0 Å². The summed E-state index contributed by atoms with van der Waals surface area (Å²) >= 11 is 0. The van der Waals surface area contributed by atoms with Gasteiger partial charge in [0.05, 0.1) is 12.7 Å². The van der Waals surface area contributed by atoms with Crippen LogP contribution in [0.2, 0.25) is 0 Å². The van der Waals surface area contributed by atoms with Crippen LogP contribution in [0.25, 0.3) is 0 Å². The summed E-state index contributed by atoms with van der Waals surface area (Å²) in [5, 5.41) is 10.0. The Balaban J connectivity index is 0.00000200. The second kappa shape index (κ2) is 7.47. The summed E-state index contributed by atoms with van der Waals surface area (Å²) < 4.78 is 10.1. The van der Waals surface area contributed by atoms with E-state index < -0.39 is 12.1 Å². The van der Waals surface area contributed by atoms with Crippen LogP contribution in [0.1, 0.15) is 30.6 Å². The summed E-state index contributed by atoms with van der Waals surface area (Å²) in [5.74, 6) is 0.137. The lowest BCUT2D eigenvalue weighted by molar-refractivity contribution is -0.145. The Morgan fingerprint density at radius 2 is 2.25 bits per heavy atom. The molecule has 5 nitrogen and oxygen atoms in total. The Hall–Kier alpha value is -1.30. The van der Waals surface area contributed by atoms with Gasteiger partial charge in [0.15, 0.2) is 6.61 Å². The normalized spacial score (nSPS) is 20.6. The molecule has 0 unspecified atom stereocenters. The smallest absolute Gasteiger partial charge is 0.344 e. The van der Waals surface area contributed by atoms with Crippen molar-refractivity contribution in [2.45, 2.75) is 31.9 Å². The number of carbonyl (C=O) groups excluding carboxylic acids is 1. The molecule has 3 N–H and O–H groups in total. The highest BCUT2D eigenvalue weighted by molar-refractivity contribution is 5.85. The minimum atomic E-state index is -0.671. The molecule has 0 saturated heterocycles. The Bertz CT molecular complexity index is 466. The van der Waals surface area contributed by atoms with Crippen LogP contribution in [0.3, 0.4) is 0 Å². The third-order valence-electron chi connectivity index (χ3n) is 3.25. The van der Waals surface area contributed by atoms with Crippen LogP contribution in [-0.2, 0) is 16.0 Å². The van der Waals surface area contributed by atoms with E-state index in [0.29, 0.717) is 12.4 Å². The third kappa shape index (κ3) is 3.85. The van der Waals surface area contributed by atoms with Crippen molar-refractivity contribution in [1.29, 1.82) is 0 Å². The number of rotatable bonds is 4. The molecule has 0 amide bonds. The minimum Gasteiger partial charge on any atom is -0.482 e. The average Bonchev–Trinajstić information content (AvgIpc) is 2.41. The molecule has 0 aromatic heterocycles. The SMILES string of the molecule is CCOC(=O)COc1ccc2c(c1)[C@@H](O)[C@H](N)CC2.Cl. The van der Waals surface area contributed by atoms with E-state index in [1.54, 1.807) is 19.1 Å². The molecule has 0 radical (unpaired) electrons. The number of nitrogens with two attached hydrogens (primary N) is 1. The first-order chi connectivity index (χ1) is 9.11. The lowest BCUT2D eigenvalue weighted by Gasteiger charge is -2.27. The van der Waals surface area contributed by atoms with E-state index >= 15 is 0 Å². The van der Waals surface area contributed by atoms with Gasteiger partial charge in [-0.25, -0.2) is 4.79 Å². The number of aliphatic hydroxyl groups is 1. The van der Waals surface area contributed by atoms with Gasteiger partial charge in [-0.2, -0.15) is 0 Å². The van der Waals surface area contributed by atoms with Gasteiger partial charge in [-0.05, 0) is 43.0 Å². The van der Waals surface area contributed by atoms with Crippen molar-refractivity contribution in [3.63, 3.8) is 0 Å². The number of benzene rings is 1. The van der Waals surface area contributed by atoms with Crippen LogP contribution in [0.5, 0.6) is 5.75 Å². The van der Waals surface area contributed by atoms with Crippen molar-refractivity contribution in [1.82, 2.24) is 0 Å². The molecule has 1 aliphatic carbocycles. The van der Waals surface area contributed by atoms with Gasteiger partial charge in [0.2, 0.25) is 0 Å². The van der Waals surface area contributed by atoms with Crippen LogP contribution in [-0.4, -0.2) is 30.3 Å². The molecule has 0 spiro atoms. The van der Waals surface area contributed by atoms with Gasteiger partial charge >= 0.3 is 5.97 Å². The Kier molecular flexibility index (Phi) is 6.26. The van der Waals surface area contributed by atoms with Crippen molar-refractivity contribution in [3.05, 3.63) is 29.3 Å². The molecular formula is C14H20ClNO4. The van der Waals surface area contributed by atoms with Gasteiger partial charge in [-0.15, -0.1) is 12.4 Å². The summed E-state index contributed by atoms with van der Waals surface area (Å²) in [5.41, 5.74) is 7.71. The first-order valence-electron chi connectivity index (χ1n) is 6.46. The molecule has 0 heterocycles. The Labute approximate surface area is 124 Å². The molecule has 1 aromatic carbocycles. The number of ether oxygens (including phenoxy) is 2. The number of esters is 1. The lowest BCUT2D eigenvalue weighted by atomic mass is 9.86. The summed E-state index contributed by atoms with van der Waals surface area (Å²) in [4.78, 5) is 11.2. The summed E-state index contributed by atoms with van der Waals surface area (Å²) in [7, 11) is 0. The van der Waals surface area contributed by atoms with Crippen LogP contribution >= 0.6 is 12.4 Å². The van der Waals surface area contributed by atoms with Gasteiger partial charge in [0.25, 0.3) is 0 Å². The molecular weight excluding hydrogens is 282 g/mol. The number of halogens is 1. The number of fused-ring (bicyclic) bond motifs is 1. The summed E-state index contributed by atoms with van der Waals surface area (Å²) in [6.07, 6.45) is 0.956. The van der Waals surface area contributed by atoms with Gasteiger partial charge in [0.1, 0.15) is 5.75 Å². The van der Waals surface area contributed by atoms with E-state index in [-0.39, 0.29) is 25.1 Å². The van der Waals surface area contributed by atoms with Crippen molar-refractivity contribution in [2.75, 3.05) is 13.2 Å². The van der Waals surface area contributed by atoms with E-state index in [0.717, 1.165) is 24.0 Å². The van der Waals surface area contributed by atoms with Gasteiger partial charge in [0, 0.05) is 6.04 Å². The van der Waals surface area contributed by atoms with Crippen molar-refractivity contribution in [3.8, 4) is 5.75 Å². The monoisotopic (exact) mass is 301 g/mol.